The van der Waals surface area contributed by atoms with Crippen LogP contribution in [0.15, 0.2) is 39.8 Å². The Bertz CT molecular complexity index is 468. The van der Waals surface area contributed by atoms with E-state index in [9.17, 15) is 0 Å². The molecule has 1 fully saturated rings. The number of rotatable bonds is 2. The molecule has 88 valence electrons. The summed E-state index contributed by atoms with van der Waals surface area (Å²) in [4.78, 5) is 4.65. The van der Waals surface area contributed by atoms with Crippen molar-refractivity contribution < 1.29 is 0 Å². The molecular formula is C14H15BrN2. The SMILES string of the molecule is Brc1ccc(C2=CC(C3CCCN3)=NC2)cc1. The molecule has 3 heteroatoms. The highest BCUT2D eigenvalue weighted by atomic mass is 79.9. The molecule has 1 unspecified atom stereocenters. The normalized spacial score (nSPS) is 23.7. The Balaban J connectivity index is 1.78. The van der Waals surface area contributed by atoms with Gasteiger partial charge in [0.15, 0.2) is 0 Å². The third kappa shape index (κ3) is 2.35. The summed E-state index contributed by atoms with van der Waals surface area (Å²) < 4.78 is 1.12. The zero-order chi connectivity index (χ0) is 11.7. The van der Waals surface area contributed by atoms with Crippen molar-refractivity contribution in [3.63, 3.8) is 0 Å². The van der Waals surface area contributed by atoms with Crippen LogP contribution in [-0.4, -0.2) is 24.8 Å². The van der Waals surface area contributed by atoms with Gasteiger partial charge in [0.2, 0.25) is 0 Å². The van der Waals surface area contributed by atoms with Crippen LogP contribution < -0.4 is 5.32 Å². The first-order chi connectivity index (χ1) is 8.33. The van der Waals surface area contributed by atoms with Crippen LogP contribution in [0.2, 0.25) is 0 Å². The Labute approximate surface area is 110 Å². The highest BCUT2D eigenvalue weighted by molar-refractivity contribution is 9.10. The Hall–Kier alpha value is -0.930. The molecule has 1 aromatic rings. The molecule has 2 aliphatic rings. The van der Waals surface area contributed by atoms with E-state index in [1.165, 1.54) is 29.7 Å². The maximum atomic E-state index is 4.65. The summed E-state index contributed by atoms with van der Waals surface area (Å²) in [5, 5.41) is 3.50. The summed E-state index contributed by atoms with van der Waals surface area (Å²) in [5.41, 5.74) is 3.85. The molecule has 3 rings (SSSR count). The lowest BCUT2D eigenvalue weighted by molar-refractivity contribution is 0.764. The van der Waals surface area contributed by atoms with Gasteiger partial charge >= 0.3 is 0 Å². The zero-order valence-corrected chi connectivity index (χ0v) is 11.2. The van der Waals surface area contributed by atoms with Gasteiger partial charge in [0.05, 0.1) is 12.3 Å². The molecule has 17 heavy (non-hydrogen) atoms. The van der Waals surface area contributed by atoms with Crippen molar-refractivity contribution in [2.75, 3.05) is 13.1 Å². The van der Waals surface area contributed by atoms with Crippen LogP contribution in [-0.2, 0) is 0 Å². The van der Waals surface area contributed by atoms with Crippen LogP contribution in [0.5, 0.6) is 0 Å². The number of hydrogen-bond acceptors (Lipinski definition) is 2. The summed E-state index contributed by atoms with van der Waals surface area (Å²) in [5.74, 6) is 0. The lowest BCUT2D eigenvalue weighted by Crippen LogP contribution is -2.28. The van der Waals surface area contributed by atoms with E-state index < -0.39 is 0 Å². The van der Waals surface area contributed by atoms with Crippen LogP contribution in [0.4, 0.5) is 0 Å². The first kappa shape index (κ1) is 11.2. The summed E-state index contributed by atoms with van der Waals surface area (Å²) in [7, 11) is 0. The van der Waals surface area contributed by atoms with Gasteiger partial charge in [-0.15, -0.1) is 0 Å². The highest BCUT2D eigenvalue weighted by Gasteiger charge is 2.21. The molecule has 0 aromatic heterocycles. The predicted molar refractivity (Wildman–Crippen MR) is 75.4 cm³/mol. The fourth-order valence-electron chi connectivity index (χ4n) is 2.43. The fraction of sp³-hybridized carbons (Fsp3) is 0.357. The van der Waals surface area contributed by atoms with Gasteiger partial charge in [-0.05, 0) is 48.7 Å². The van der Waals surface area contributed by atoms with Gasteiger partial charge in [-0.1, -0.05) is 28.1 Å². The van der Waals surface area contributed by atoms with Gasteiger partial charge in [-0.25, -0.2) is 0 Å². The van der Waals surface area contributed by atoms with E-state index in [1.54, 1.807) is 0 Å². The molecule has 2 nitrogen and oxygen atoms in total. The van der Waals surface area contributed by atoms with Crippen molar-refractivity contribution in [2.45, 2.75) is 18.9 Å². The Morgan fingerprint density at radius 1 is 1.24 bits per heavy atom. The minimum atomic E-state index is 0.489. The second-order valence-electron chi connectivity index (χ2n) is 4.57. The average molecular weight is 291 g/mol. The van der Waals surface area contributed by atoms with Crippen LogP contribution >= 0.6 is 15.9 Å². The topological polar surface area (TPSA) is 24.4 Å². The number of halogens is 1. The van der Waals surface area contributed by atoms with Crippen molar-refractivity contribution in [1.29, 1.82) is 0 Å². The van der Waals surface area contributed by atoms with E-state index in [4.69, 9.17) is 0 Å². The van der Waals surface area contributed by atoms with E-state index in [-0.39, 0.29) is 0 Å². The zero-order valence-electron chi connectivity index (χ0n) is 9.62. The summed E-state index contributed by atoms with van der Waals surface area (Å²) in [6, 6.07) is 8.96. The molecule has 1 aromatic carbocycles. The number of aliphatic imine (C=N–C) groups is 1. The quantitative estimate of drug-likeness (QED) is 0.890. The minimum Gasteiger partial charge on any atom is -0.309 e. The average Bonchev–Trinajstić information content (AvgIpc) is 3.00. The predicted octanol–water partition coefficient (Wildman–Crippen LogP) is 3.04. The Morgan fingerprint density at radius 2 is 2.06 bits per heavy atom. The van der Waals surface area contributed by atoms with Gasteiger partial charge in [-0.2, -0.15) is 0 Å². The highest BCUT2D eigenvalue weighted by Crippen LogP contribution is 2.23. The molecule has 0 saturated carbocycles. The number of nitrogens with zero attached hydrogens (tertiary/aromatic N) is 1. The van der Waals surface area contributed by atoms with Gasteiger partial charge in [-0.3, -0.25) is 4.99 Å². The Morgan fingerprint density at radius 3 is 2.76 bits per heavy atom. The van der Waals surface area contributed by atoms with E-state index in [1.807, 2.05) is 0 Å². The fourth-order valence-corrected chi connectivity index (χ4v) is 2.70. The standard InChI is InChI=1S/C14H15BrN2/c15-12-5-3-10(4-6-12)11-8-14(17-9-11)13-2-1-7-16-13/h3-6,8,13,16H,1-2,7,9H2. The first-order valence-electron chi connectivity index (χ1n) is 6.07. The molecule has 1 atom stereocenters. The lowest BCUT2D eigenvalue weighted by atomic mass is 10.0. The largest absolute Gasteiger partial charge is 0.309 e. The van der Waals surface area contributed by atoms with Crippen molar-refractivity contribution in [3.8, 4) is 0 Å². The van der Waals surface area contributed by atoms with Crippen LogP contribution in [0, 0.1) is 0 Å². The monoisotopic (exact) mass is 290 g/mol. The van der Waals surface area contributed by atoms with Crippen molar-refractivity contribution in [3.05, 3.63) is 40.4 Å². The smallest absolute Gasteiger partial charge is 0.0650 e. The second kappa shape index (κ2) is 4.75. The number of benzene rings is 1. The minimum absolute atomic E-state index is 0.489. The van der Waals surface area contributed by atoms with Crippen LogP contribution in [0.25, 0.3) is 5.57 Å². The number of hydrogen-bond donors (Lipinski definition) is 1. The molecule has 0 spiro atoms. The van der Waals surface area contributed by atoms with Crippen molar-refractivity contribution >= 4 is 27.2 Å². The molecular weight excluding hydrogens is 276 g/mol. The van der Waals surface area contributed by atoms with E-state index in [2.05, 4.69) is 56.6 Å². The molecule has 2 heterocycles. The van der Waals surface area contributed by atoms with Gasteiger partial charge in [0.1, 0.15) is 0 Å². The summed E-state index contributed by atoms with van der Waals surface area (Å²) >= 11 is 3.46. The van der Waals surface area contributed by atoms with E-state index in [0.29, 0.717) is 6.04 Å². The Kier molecular flexibility index (Phi) is 3.12. The van der Waals surface area contributed by atoms with Crippen LogP contribution in [0.1, 0.15) is 18.4 Å². The maximum Gasteiger partial charge on any atom is 0.0650 e. The molecule has 1 saturated heterocycles. The third-order valence-electron chi connectivity index (χ3n) is 3.39. The van der Waals surface area contributed by atoms with Crippen LogP contribution in [0.3, 0.4) is 0 Å². The van der Waals surface area contributed by atoms with Gasteiger partial charge in [0, 0.05) is 10.5 Å². The van der Waals surface area contributed by atoms with Crippen molar-refractivity contribution in [1.82, 2.24) is 5.32 Å². The molecule has 2 aliphatic heterocycles. The van der Waals surface area contributed by atoms with Crippen molar-refractivity contribution in [2.24, 2.45) is 4.99 Å². The van der Waals surface area contributed by atoms with Gasteiger partial charge in [0.25, 0.3) is 0 Å². The molecule has 1 N–H and O–H groups in total. The second-order valence-corrected chi connectivity index (χ2v) is 5.48. The lowest BCUT2D eigenvalue weighted by Gasteiger charge is -2.07. The van der Waals surface area contributed by atoms with E-state index in [0.717, 1.165) is 17.6 Å². The maximum absolute atomic E-state index is 4.65. The first-order valence-corrected chi connectivity index (χ1v) is 6.86. The molecule has 0 radical (unpaired) electrons. The molecule has 0 amide bonds. The number of nitrogens with one attached hydrogen (secondary N) is 1. The summed E-state index contributed by atoms with van der Waals surface area (Å²) in [6.45, 7) is 1.96. The third-order valence-corrected chi connectivity index (χ3v) is 3.92. The van der Waals surface area contributed by atoms with E-state index >= 15 is 0 Å². The molecule has 0 bridgehead atoms. The molecule has 0 aliphatic carbocycles. The van der Waals surface area contributed by atoms with Gasteiger partial charge < -0.3 is 5.32 Å². The summed E-state index contributed by atoms with van der Waals surface area (Å²) in [6.07, 6.45) is 4.75.